The molecule has 0 heterocycles. The van der Waals surface area contributed by atoms with Crippen molar-refractivity contribution in [3.8, 4) is 12.3 Å². The van der Waals surface area contributed by atoms with E-state index in [1.807, 2.05) is 6.08 Å². The second kappa shape index (κ2) is 6.09. The Bertz CT molecular complexity index is 720. The molecule has 0 aromatic carbocycles. The van der Waals surface area contributed by atoms with E-state index in [4.69, 9.17) is 11.2 Å². The quantitative estimate of drug-likeness (QED) is 0.421. The molecule has 0 amide bonds. The van der Waals surface area contributed by atoms with Gasteiger partial charge in [0, 0.05) is 18.8 Å². The summed E-state index contributed by atoms with van der Waals surface area (Å²) in [4.78, 5) is 11.4. The van der Waals surface area contributed by atoms with Crippen LogP contribution >= 0.6 is 0 Å². The molecule has 4 aliphatic carbocycles. The van der Waals surface area contributed by atoms with Crippen molar-refractivity contribution in [1.29, 1.82) is 0 Å². The summed E-state index contributed by atoms with van der Waals surface area (Å²) in [5.41, 5.74) is -0.0814. The Labute approximate surface area is 162 Å². The van der Waals surface area contributed by atoms with Gasteiger partial charge in [-0.05, 0) is 61.7 Å². The molecule has 0 bridgehead atoms. The molecule has 148 valence electrons. The minimum atomic E-state index is -1.06. The highest BCUT2D eigenvalue weighted by atomic mass is 16.5. The fourth-order valence-corrected chi connectivity index (χ4v) is 7.21. The number of aliphatic hydroxyl groups is 2. The van der Waals surface area contributed by atoms with E-state index in [0.717, 1.165) is 38.5 Å². The van der Waals surface area contributed by atoms with Crippen LogP contribution in [-0.2, 0) is 9.53 Å². The molecule has 0 aromatic heterocycles. The van der Waals surface area contributed by atoms with Crippen molar-refractivity contribution in [2.24, 2.45) is 28.6 Å². The summed E-state index contributed by atoms with van der Waals surface area (Å²) < 4.78 is 5.47. The molecule has 0 spiro atoms. The van der Waals surface area contributed by atoms with Crippen LogP contribution in [0.4, 0.5) is 0 Å². The van der Waals surface area contributed by atoms with Crippen molar-refractivity contribution in [2.75, 3.05) is 0 Å². The van der Waals surface area contributed by atoms with Gasteiger partial charge in [0.25, 0.3) is 0 Å². The summed E-state index contributed by atoms with van der Waals surface area (Å²) >= 11 is 0. The molecule has 4 heteroatoms. The van der Waals surface area contributed by atoms with Crippen LogP contribution in [0, 0.1) is 40.9 Å². The number of hydrogen-bond donors (Lipinski definition) is 2. The highest BCUT2D eigenvalue weighted by Crippen LogP contribution is 2.67. The third kappa shape index (κ3) is 2.54. The summed E-state index contributed by atoms with van der Waals surface area (Å²) in [7, 11) is 0. The number of terminal acetylenes is 1. The summed E-state index contributed by atoms with van der Waals surface area (Å²) in [6.07, 6.45) is 13.2. The molecular weight excluding hydrogens is 340 g/mol. The van der Waals surface area contributed by atoms with Crippen molar-refractivity contribution < 1.29 is 19.7 Å². The monoisotopic (exact) mass is 372 g/mol. The Morgan fingerprint density at radius 3 is 2.59 bits per heavy atom. The van der Waals surface area contributed by atoms with Gasteiger partial charge in [0.05, 0.1) is 6.10 Å². The van der Waals surface area contributed by atoms with Crippen LogP contribution in [0.1, 0.15) is 65.7 Å². The topological polar surface area (TPSA) is 66.8 Å². The van der Waals surface area contributed by atoms with E-state index in [9.17, 15) is 15.0 Å². The molecule has 4 rings (SSSR count). The molecule has 3 fully saturated rings. The van der Waals surface area contributed by atoms with Gasteiger partial charge in [-0.15, -0.1) is 6.42 Å². The maximum absolute atomic E-state index is 11.4. The first-order valence-electron chi connectivity index (χ1n) is 10.4. The fourth-order valence-electron chi connectivity index (χ4n) is 7.21. The van der Waals surface area contributed by atoms with Crippen LogP contribution in [0.2, 0.25) is 0 Å². The average molecular weight is 373 g/mol. The van der Waals surface area contributed by atoms with E-state index in [1.165, 1.54) is 12.5 Å². The molecule has 0 saturated heterocycles. The summed E-state index contributed by atoms with van der Waals surface area (Å²) in [6.45, 7) is 5.92. The first kappa shape index (κ1) is 19.0. The van der Waals surface area contributed by atoms with Gasteiger partial charge in [-0.2, -0.15) is 0 Å². The van der Waals surface area contributed by atoms with Gasteiger partial charge >= 0.3 is 5.97 Å². The van der Waals surface area contributed by atoms with Crippen LogP contribution in [0.3, 0.4) is 0 Å². The normalized spacial score (nSPS) is 51.3. The zero-order chi connectivity index (χ0) is 19.6. The standard InChI is InChI=1S/C23H32O4/c1-5-23(26)11-8-18-20-17(7-10-22(18,23)4)21(3)9-6-16(27-14(2)24)12-15(21)13-19(20)25/h1,13,16-20,25-26H,6-12H2,2-4H3/t16-,17-,18-,19-,20+,21-,22-,23-/m0/s1. The van der Waals surface area contributed by atoms with Gasteiger partial charge in [-0.25, -0.2) is 0 Å². The molecule has 27 heavy (non-hydrogen) atoms. The molecule has 2 N–H and O–H groups in total. The number of aliphatic hydroxyl groups excluding tert-OH is 1. The SMILES string of the molecule is C#C[C@]1(O)CC[C@H]2[C@@H]3[C@@H](O)C=C4C[C@@H](OC(C)=O)CC[C@]4(C)[C@H]3CC[C@@]21C. The van der Waals surface area contributed by atoms with Crippen LogP contribution in [0.25, 0.3) is 0 Å². The molecular formula is C23H32O4. The predicted octanol–water partition coefficient (Wildman–Crippen LogP) is 3.22. The number of carbonyl (C=O) groups is 1. The molecule has 0 unspecified atom stereocenters. The number of hydrogen-bond acceptors (Lipinski definition) is 4. The van der Waals surface area contributed by atoms with E-state index in [0.29, 0.717) is 12.3 Å². The van der Waals surface area contributed by atoms with Gasteiger partial charge in [0.1, 0.15) is 11.7 Å². The Morgan fingerprint density at radius 2 is 1.93 bits per heavy atom. The molecule has 8 atom stereocenters. The predicted molar refractivity (Wildman–Crippen MR) is 102 cm³/mol. The van der Waals surface area contributed by atoms with Gasteiger partial charge in [0.15, 0.2) is 0 Å². The second-order valence-electron chi connectivity index (χ2n) is 9.86. The van der Waals surface area contributed by atoms with E-state index in [1.54, 1.807) is 0 Å². The molecule has 0 aromatic rings. The van der Waals surface area contributed by atoms with Crippen LogP contribution < -0.4 is 0 Å². The number of carbonyl (C=O) groups excluding carboxylic acids is 1. The first-order chi connectivity index (χ1) is 12.6. The van der Waals surface area contributed by atoms with Gasteiger partial charge in [-0.1, -0.05) is 31.4 Å². The summed E-state index contributed by atoms with van der Waals surface area (Å²) in [5, 5.41) is 22.2. The number of fused-ring (bicyclic) bond motifs is 5. The van der Waals surface area contributed by atoms with E-state index in [2.05, 4.69) is 19.8 Å². The van der Waals surface area contributed by atoms with Gasteiger partial charge < -0.3 is 14.9 Å². The highest BCUT2D eigenvalue weighted by molar-refractivity contribution is 5.66. The smallest absolute Gasteiger partial charge is 0.302 e. The maximum Gasteiger partial charge on any atom is 0.302 e. The Hall–Kier alpha value is -1.31. The minimum Gasteiger partial charge on any atom is -0.462 e. The van der Waals surface area contributed by atoms with E-state index >= 15 is 0 Å². The van der Waals surface area contributed by atoms with Crippen LogP contribution in [0.15, 0.2) is 11.6 Å². The molecule has 4 nitrogen and oxygen atoms in total. The largest absolute Gasteiger partial charge is 0.462 e. The molecule has 0 radical (unpaired) electrons. The van der Waals surface area contributed by atoms with E-state index < -0.39 is 11.7 Å². The minimum absolute atomic E-state index is 0.0404. The third-order valence-electron chi connectivity index (χ3n) is 8.81. The number of ether oxygens (including phenoxy) is 1. The average Bonchev–Trinajstić information content (AvgIpc) is 2.88. The molecule has 3 saturated carbocycles. The Kier molecular flexibility index (Phi) is 4.29. The van der Waals surface area contributed by atoms with Crippen molar-refractivity contribution in [2.45, 2.75) is 83.5 Å². The zero-order valence-electron chi connectivity index (χ0n) is 16.7. The third-order valence-corrected chi connectivity index (χ3v) is 8.81. The lowest BCUT2D eigenvalue weighted by atomic mass is 9.46. The van der Waals surface area contributed by atoms with Crippen molar-refractivity contribution in [1.82, 2.24) is 0 Å². The lowest BCUT2D eigenvalue weighted by Crippen LogP contribution is -2.57. The zero-order valence-corrected chi connectivity index (χ0v) is 16.7. The van der Waals surface area contributed by atoms with Crippen LogP contribution in [-0.4, -0.2) is 34.0 Å². The van der Waals surface area contributed by atoms with Crippen molar-refractivity contribution in [3.05, 3.63) is 11.6 Å². The van der Waals surface area contributed by atoms with E-state index in [-0.39, 0.29) is 34.7 Å². The highest BCUT2D eigenvalue weighted by Gasteiger charge is 2.65. The molecule has 0 aliphatic heterocycles. The second-order valence-corrected chi connectivity index (χ2v) is 9.86. The fraction of sp³-hybridized carbons (Fsp3) is 0.783. The van der Waals surface area contributed by atoms with Gasteiger partial charge in [0.2, 0.25) is 0 Å². The lowest BCUT2D eigenvalue weighted by Gasteiger charge is -2.59. The summed E-state index contributed by atoms with van der Waals surface area (Å²) in [5.74, 6) is 3.24. The number of rotatable bonds is 1. The molecule has 4 aliphatic rings. The number of esters is 1. The van der Waals surface area contributed by atoms with Crippen molar-refractivity contribution in [3.63, 3.8) is 0 Å². The van der Waals surface area contributed by atoms with Crippen molar-refractivity contribution >= 4 is 5.97 Å². The maximum atomic E-state index is 11.4. The van der Waals surface area contributed by atoms with Gasteiger partial charge in [-0.3, -0.25) is 4.79 Å². The lowest BCUT2D eigenvalue weighted by molar-refractivity contribution is -0.150. The summed E-state index contributed by atoms with van der Waals surface area (Å²) in [6, 6.07) is 0. The Morgan fingerprint density at radius 1 is 1.22 bits per heavy atom. The first-order valence-corrected chi connectivity index (χ1v) is 10.4. The van der Waals surface area contributed by atoms with Crippen LogP contribution in [0.5, 0.6) is 0 Å². The Balaban J connectivity index is 1.66.